The SMILES string of the molecule is CCOc1ccc(NC(=O)C(=O)NN=Cc2cccc(O)c2)cc1. The number of hydrogen-bond donors (Lipinski definition) is 3. The Morgan fingerprint density at radius 1 is 1.17 bits per heavy atom. The molecule has 0 aliphatic carbocycles. The molecular weight excluding hydrogens is 310 g/mol. The number of carbonyl (C=O) groups is 2. The third-order valence-corrected chi connectivity index (χ3v) is 2.88. The second-order valence-corrected chi connectivity index (χ2v) is 4.71. The standard InChI is InChI=1S/C17H17N3O4/c1-2-24-15-8-6-13(7-9-15)19-16(22)17(23)20-18-11-12-4-3-5-14(21)10-12/h3-11,21H,2H2,1H3,(H,19,22)(H,20,23). The summed E-state index contributed by atoms with van der Waals surface area (Å²) in [5.41, 5.74) is 3.17. The van der Waals surface area contributed by atoms with E-state index in [0.29, 0.717) is 23.6 Å². The van der Waals surface area contributed by atoms with Crippen LogP contribution in [0.15, 0.2) is 53.6 Å². The summed E-state index contributed by atoms with van der Waals surface area (Å²) in [6.45, 7) is 2.42. The molecule has 2 amide bonds. The van der Waals surface area contributed by atoms with Crippen LogP contribution in [0.25, 0.3) is 0 Å². The van der Waals surface area contributed by atoms with E-state index in [0.717, 1.165) is 0 Å². The second kappa shape index (κ2) is 8.33. The Bertz CT molecular complexity index is 742. The number of rotatable bonds is 5. The van der Waals surface area contributed by atoms with Crippen LogP contribution in [-0.2, 0) is 9.59 Å². The highest BCUT2D eigenvalue weighted by molar-refractivity contribution is 6.39. The van der Waals surface area contributed by atoms with Crippen LogP contribution in [0.1, 0.15) is 12.5 Å². The zero-order valence-corrected chi connectivity index (χ0v) is 13.0. The summed E-state index contributed by atoms with van der Waals surface area (Å²) in [5, 5.41) is 15.4. The van der Waals surface area contributed by atoms with Crippen molar-refractivity contribution in [3.8, 4) is 11.5 Å². The van der Waals surface area contributed by atoms with Gasteiger partial charge in [-0.3, -0.25) is 9.59 Å². The molecule has 0 saturated heterocycles. The fourth-order valence-electron chi connectivity index (χ4n) is 1.81. The summed E-state index contributed by atoms with van der Waals surface area (Å²) < 4.78 is 5.29. The quantitative estimate of drug-likeness (QED) is 0.443. The molecule has 7 nitrogen and oxygen atoms in total. The number of phenolic OH excluding ortho intramolecular Hbond substituents is 1. The molecule has 2 rings (SSSR count). The zero-order valence-electron chi connectivity index (χ0n) is 13.0. The summed E-state index contributed by atoms with van der Waals surface area (Å²) in [6, 6.07) is 13.0. The molecule has 0 bridgehead atoms. The maximum atomic E-state index is 11.8. The molecule has 2 aromatic rings. The van der Waals surface area contributed by atoms with Crippen molar-refractivity contribution >= 4 is 23.7 Å². The van der Waals surface area contributed by atoms with Gasteiger partial charge in [-0.25, -0.2) is 5.43 Å². The minimum Gasteiger partial charge on any atom is -0.508 e. The van der Waals surface area contributed by atoms with Gasteiger partial charge in [0.1, 0.15) is 11.5 Å². The van der Waals surface area contributed by atoms with Crippen molar-refractivity contribution in [2.45, 2.75) is 6.92 Å². The molecule has 0 fully saturated rings. The van der Waals surface area contributed by atoms with E-state index in [1.165, 1.54) is 18.3 Å². The highest BCUT2D eigenvalue weighted by Gasteiger charge is 2.12. The first-order chi connectivity index (χ1) is 11.6. The molecule has 7 heteroatoms. The maximum Gasteiger partial charge on any atom is 0.329 e. The minimum atomic E-state index is -0.903. The minimum absolute atomic E-state index is 0.0820. The van der Waals surface area contributed by atoms with Crippen molar-refractivity contribution in [3.05, 3.63) is 54.1 Å². The van der Waals surface area contributed by atoms with E-state index >= 15 is 0 Å². The van der Waals surface area contributed by atoms with Gasteiger partial charge in [0.05, 0.1) is 12.8 Å². The predicted octanol–water partition coefficient (Wildman–Crippen LogP) is 1.88. The van der Waals surface area contributed by atoms with Crippen LogP contribution in [0.3, 0.4) is 0 Å². The molecule has 0 aromatic heterocycles. The number of aromatic hydroxyl groups is 1. The first kappa shape index (κ1) is 17.0. The number of phenols is 1. The monoisotopic (exact) mass is 327 g/mol. The molecule has 0 atom stereocenters. The Labute approximate surface area is 139 Å². The van der Waals surface area contributed by atoms with Gasteiger partial charge in [-0.15, -0.1) is 0 Å². The van der Waals surface area contributed by atoms with Crippen molar-refractivity contribution < 1.29 is 19.4 Å². The van der Waals surface area contributed by atoms with Crippen LogP contribution in [0.5, 0.6) is 11.5 Å². The van der Waals surface area contributed by atoms with E-state index in [2.05, 4.69) is 15.8 Å². The number of carbonyl (C=O) groups excluding carboxylic acids is 2. The number of hydrogen-bond acceptors (Lipinski definition) is 5. The van der Waals surface area contributed by atoms with Crippen molar-refractivity contribution in [1.82, 2.24) is 5.43 Å². The van der Waals surface area contributed by atoms with E-state index in [9.17, 15) is 14.7 Å². The van der Waals surface area contributed by atoms with Crippen molar-refractivity contribution in [2.24, 2.45) is 5.10 Å². The first-order valence-corrected chi connectivity index (χ1v) is 7.24. The Hall–Kier alpha value is -3.35. The Balaban J connectivity index is 1.86. The molecule has 0 saturated carbocycles. The van der Waals surface area contributed by atoms with Crippen LogP contribution >= 0.6 is 0 Å². The molecule has 124 valence electrons. The largest absolute Gasteiger partial charge is 0.508 e. The van der Waals surface area contributed by atoms with Crippen LogP contribution in [0.2, 0.25) is 0 Å². The summed E-state index contributed by atoms with van der Waals surface area (Å²) >= 11 is 0. The molecule has 2 aromatic carbocycles. The van der Waals surface area contributed by atoms with Gasteiger partial charge in [0.15, 0.2) is 0 Å². The van der Waals surface area contributed by atoms with Crippen molar-refractivity contribution in [2.75, 3.05) is 11.9 Å². The van der Waals surface area contributed by atoms with E-state index in [4.69, 9.17) is 4.74 Å². The van der Waals surface area contributed by atoms with Crippen LogP contribution in [-0.4, -0.2) is 29.7 Å². The number of ether oxygens (including phenoxy) is 1. The van der Waals surface area contributed by atoms with Crippen molar-refractivity contribution in [1.29, 1.82) is 0 Å². The number of nitrogens with one attached hydrogen (secondary N) is 2. The molecule has 0 radical (unpaired) electrons. The van der Waals surface area contributed by atoms with Crippen LogP contribution in [0.4, 0.5) is 5.69 Å². The highest BCUT2D eigenvalue weighted by atomic mass is 16.5. The molecular formula is C17H17N3O4. The third kappa shape index (κ3) is 5.13. The topological polar surface area (TPSA) is 100 Å². The van der Waals surface area contributed by atoms with Gasteiger partial charge in [-0.1, -0.05) is 12.1 Å². The Morgan fingerprint density at radius 3 is 2.58 bits per heavy atom. The molecule has 0 aliphatic rings. The number of hydrazone groups is 1. The van der Waals surface area contributed by atoms with E-state index in [-0.39, 0.29) is 5.75 Å². The molecule has 0 heterocycles. The van der Waals surface area contributed by atoms with E-state index < -0.39 is 11.8 Å². The van der Waals surface area contributed by atoms with Crippen LogP contribution in [0, 0.1) is 0 Å². The maximum absolute atomic E-state index is 11.8. The lowest BCUT2D eigenvalue weighted by molar-refractivity contribution is -0.136. The zero-order chi connectivity index (χ0) is 17.4. The molecule has 0 aliphatic heterocycles. The van der Waals surface area contributed by atoms with Gasteiger partial charge < -0.3 is 15.2 Å². The van der Waals surface area contributed by atoms with Crippen molar-refractivity contribution in [3.63, 3.8) is 0 Å². The smallest absolute Gasteiger partial charge is 0.329 e. The summed E-state index contributed by atoms with van der Waals surface area (Å²) in [6.07, 6.45) is 1.32. The Kier molecular flexibility index (Phi) is 5.90. The predicted molar refractivity (Wildman–Crippen MR) is 90.1 cm³/mol. The lowest BCUT2D eigenvalue weighted by Gasteiger charge is -2.06. The first-order valence-electron chi connectivity index (χ1n) is 7.24. The number of anilines is 1. The van der Waals surface area contributed by atoms with Gasteiger partial charge >= 0.3 is 11.8 Å². The van der Waals surface area contributed by atoms with Gasteiger partial charge in [0, 0.05) is 5.69 Å². The average Bonchev–Trinajstić information content (AvgIpc) is 2.57. The molecule has 0 unspecified atom stereocenters. The number of nitrogens with zero attached hydrogens (tertiary/aromatic N) is 1. The summed E-state index contributed by atoms with van der Waals surface area (Å²) in [5.74, 6) is -0.985. The van der Waals surface area contributed by atoms with Gasteiger partial charge in [0.2, 0.25) is 0 Å². The van der Waals surface area contributed by atoms with Gasteiger partial charge in [-0.2, -0.15) is 5.10 Å². The fourth-order valence-corrected chi connectivity index (χ4v) is 1.81. The number of benzene rings is 2. The summed E-state index contributed by atoms with van der Waals surface area (Å²) in [4.78, 5) is 23.4. The van der Waals surface area contributed by atoms with E-state index in [1.807, 2.05) is 6.92 Å². The highest BCUT2D eigenvalue weighted by Crippen LogP contribution is 2.15. The molecule has 0 spiro atoms. The molecule has 24 heavy (non-hydrogen) atoms. The Morgan fingerprint density at radius 2 is 1.92 bits per heavy atom. The fraction of sp³-hybridized carbons (Fsp3) is 0.118. The van der Waals surface area contributed by atoms with Crippen LogP contribution < -0.4 is 15.5 Å². The average molecular weight is 327 g/mol. The second-order valence-electron chi connectivity index (χ2n) is 4.71. The molecule has 3 N–H and O–H groups in total. The van der Waals surface area contributed by atoms with Gasteiger partial charge in [0.25, 0.3) is 0 Å². The van der Waals surface area contributed by atoms with Gasteiger partial charge in [-0.05, 0) is 48.9 Å². The van der Waals surface area contributed by atoms with E-state index in [1.54, 1.807) is 36.4 Å². The number of amides is 2. The lowest BCUT2D eigenvalue weighted by atomic mass is 10.2. The lowest BCUT2D eigenvalue weighted by Crippen LogP contribution is -2.32. The third-order valence-electron chi connectivity index (χ3n) is 2.88. The normalized spacial score (nSPS) is 10.4. The summed E-state index contributed by atoms with van der Waals surface area (Å²) in [7, 11) is 0.